The van der Waals surface area contributed by atoms with Crippen molar-refractivity contribution in [1.29, 1.82) is 0 Å². The molecule has 0 bridgehead atoms. The number of fused-ring (bicyclic) bond motifs is 1. The number of nitrogens with zero attached hydrogens (tertiary/aromatic N) is 3. The van der Waals surface area contributed by atoms with Crippen LogP contribution in [0.3, 0.4) is 0 Å². The van der Waals surface area contributed by atoms with E-state index in [1.807, 2.05) is 7.05 Å². The van der Waals surface area contributed by atoms with Gasteiger partial charge >= 0.3 is 0 Å². The van der Waals surface area contributed by atoms with E-state index in [2.05, 4.69) is 20.6 Å². The van der Waals surface area contributed by atoms with Gasteiger partial charge in [-0.25, -0.2) is 9.97 Å². The molecule has 0 saturated heterocycles. The van der Waals surface area contributed by atoms with Crippen LogP contribution in [0.2, 0.25) is 0 Å². The minimum absolute atomic E-state index is 0.0766. The van der Waals surface area contributed by atoms with Gasteiger partial charge in [0.15, 0.2) is 5.65 Å². The number of pyridine rings is 1. The molecular weight excluding hydrogens is 306 g/mol. The summed E-state index contributed by atoms with van der Waals surface area (Å²) in [6.07, 6.45) is 8.61. The number of carbonyl (C=O) groups is 2. The highest BCUT2D eigenvalue weighted by Crippen LogP contribution is 2.27. The highest BCUT2D eigenvalue weighted by Gasteiger charge is 2.18. The monoisotopic (exact) mass is 329 g/mol. The third-order valence-corrected chi connectivity index (χ3v) is 4.50. The van der Waals surface area contributed by atoms with Gasteiger partial charge in [0.25, 0.3) is 5.91 Å². The second-order valence-corrected chi connectivity index (χ2v) is 6.38. The normalized spacial score (nSPS) is 14.9. The zero-order valence-corrected chi connectivity index (χ0v) is 13.9. The standard InChI is InChI=1S/C17H23N5O2/c1-22-11-21-14-9-13(10-20-16(14)22)17(24)19-7-6-18-15(23)8-12-4-2-3-5-12/h9-12H,2-8H2,1H3,(H,18,23)(H,19,24). The van der Waals surface area contributed by atoms with Crippen molar-refractivity contribution >= 4 is 23.0 Å². The molecule has 1 aliphatic carbocycles. The molecule has 0 aliphatic heterocycles. The highest BCUT2D eigenvalue weighted by molar-refractivity contribution is 5.96. The largest absolute Gasteiger partial charge is 0.354 e. The van der Waals surface area contributed by atoms with Gasteiger partial charge < -0.3 is 15.2 Å². The van der Waals surface area contributed by atoms with Crippen molar-refractivity contribution in [2.24, 2.45) is 13.0 Å². The van der Waals surface area contributed by atoms with E-state index >= 15 is 0 Å². The van der Waals surface area contributed by atoms with Crippen LogP contribution < -0.4 is 10.6 Å². The summed E-state index contributed by atoms with van der Waals surface area (Å²) in [7, 11) is 1.86. The fourth-order valence-corrected chi connectivity index (χ4v) is 3.17. The van der Waals surface area contributed by atoms with Crippen molar-refractivity contribution in [3.05, 3.63) is 24.2 Å². The van der Waals surface area contributed by atoms with Crippen molar-refractivity contribution in [2.45, 2.75) is 32.1 Å². The Kier molecular flexibility index (Phi) is 5.08. The lowest BCUT2D eigenvalue weighted by Gasteiger charge is -2.10. The summed E-state index contributed by atoms with van der Waals surface area (Å²) in [4.78, 5) is 32.4. The molecular formula is C17H23N5O2. The summed E-state index contributed by atoms with van der Waals surface area (Å²) in [6.45, 7) is 0.839. The molecule has 2 N–H and O–H groups in total. The van der Waals surface area contributed by atoms with Gasteiger partial charge in [-0.05, 0) is 24.8 Å². The maximum absolute atomic E-state index is 12.1. The zero-order valence-electron chi connectivity index (χ0n) is 13.9. The van der Waals surface area contributed by atoms with Crippen molar-refractivity contribution in [1.82, 2.24) is 25.2 Å². The van der Waals surface area contributed by atoms with Crippen LogP contribution in [-0.2, 0) is 11.8 Å². The molecule has 3 rings (SSSR count). The van der Waals surface area contributed by atoms with E-state index < -0.39 is 0 Å². The molecule has 1 saturated carbocycles. The summed E-state index contributed by atoms with van der Waals surface area (Å²) in [5, 5.41) is 5.66. The molecule has 0 unspecified atom stereocenters. The number of aromatic nitrogens is 3. The average Bonchev–Trinajstić information content (AvgIpc) is 3.21. The van der Waals surface area contributed by atoms with Gasteiger partial charge in [0.2, 0.25) is 5.91 Å². The first-order chi connectivity index (χ1) is 11.6. The minimum atomic E-state index is -0.208. The van der Waals surface area contributed by atoms with Gasteiger partial charge in [-0.15, -0.1) is 0 Å². The van der Waals surface area contributed by atoms with Gasteiger partial charge in [-0.1, -0.05) is 12.8 Å². The van der Waals surface area contributed by atoms with Crippen molar-refractivity contribution < 1.29 is 9.59 Å². The Balaban J connectivity index is 1.42. The highest BCUT2D eigenvalue weighted by atomic mass is 16.2. The number of amides is 2. The fourth-order valence-electron chi connectivity index (χ4n) is 3.17. The van der Waals surface area contributed by atoms with Crippen LogP contribution in [0.15, 0.2) is 18.6 Å². The molecule has 128 valence electrons. The molecule has 2 aromatic rings. The van der Waals surface area contributed by atoms with E-state index in [-0.39, 0.29) is 11.8 Å². The lowest BCUT2D eigenvalue weighted by atomic mass is 10.0. The topological polar surface area (TPSA) is 88.9 Å². The van der Waals surface area contributed by atoms with E-state index in [0.717, 1.165) is 18.5 Å². The lowest BCUT2D eigenvalue weighted by Crippen LogP contribution is -2.35. The van der Waals surface area contributed by atoms with E-state index in [1.165, 1.54) is 19.0 Å². The van der Waals surface area contributed by atoms with Gasteiger partial charge in [0, 0.05) is 32.8 Å². The first-order valence-electron chi connectivity index (χ1n) is 8.45. The third kappa shape index (κ3) is 3.90. The Bertz CT molecular complexity index is 734. The van der Waals surface area contributed by atoms with Gasteiger partial charge in [-0.2, -0.15) is 0 Å². The molecule has 2 aromatic heterocycles. The summed E-state index contributed by atoms with van der Waals surface area (Å²) < 4.78 is 1.80. The van der Waals surface area contributed by atoms with Gasteiger partial charge in [0.1, 0.15) is 5.52 Å². The van der Waals surface area contributed by atoms with E-state index in [1.54, 1.807) is 17.0 Å². The first-order valence-corrected chi connectivity index (χ1v) is 8.45. The van der Waals surface area contributed by atoms with Crippen LogP contribution in [0.1, 0.15) is 42.5 Å². The Labute approximate surface area is 140 Å². The smallest absolute Gasteiger partial charge is 0.252 e. The maximum Gasteiger partial charge on any atom is 0.252 e. The molecule has 2 heterocycles. The Hall–Kier alpha value is -2.44. The van der Waals surface area contributed by atoms with E-state index in [9.17, 15) is 9.59 Å². The Morgan fingerprint density at radius 3 is 2.75 bits per heavy atom. The van der Waals surface area contributed by atoms with Crippen LogP contribution in [0.25, 0.3) is 11.2 Å². The quantitative estimate of drug-likeness (QED) is 0.784. The molecule has 0 atom stereocenters. The molecule has 0 aromatic carbocycles. The summed E-state index contributed by atoms with van der Waals surface area (Å²) in [5.41, 5.74) is 1.90. The summed E-state index contributed by atoms with van der Waals surface area (Å²) in [5.74, 6) is 0.406. The second-order valence-electron chi connectivity index (χ2n) is 6.38. The van der Waals surface area contributed by atoms with Crippen LogP contribution in [0.5, 0.6) is 0 Å². The number of hydrogen-bond donors (Lipinski definition) is 2. The average molecular weight is 329 g/mol. The zero-order chi connectivity index (χ0) is 16.9. The fraction of sp³-hybridized carbons (Fsp3) is 0.529. The molecule has 2 amide bonds. The Morgan fingerprint density at radius 2 is 1.96 bits per heavy atom. The van der Waals surface area contributed by atoms with Crippen LogP contribution in [-0.4, -0.2) is 39.4 Å². The van der Waals surface area contributed by atoms with E-state index in [0.29, 0.717) is 36.5 Å². The van der Waals surface area contributed by atoms with Crippen LogP contribution in [0.4, 0.5) is 0 Å². The van der Waals surface area contributed by atoms with E-state index in [4.69, 9.17) is 0 Å². The number of aryl methyl sites for hydroxylation is 1. The van der Waals surface area contributed by atoms with Crippen LogP contribution >= 0.6 is 0 Å². The third-order valence-electron chi connectivity index (χ3n) is 4.50. The van der Waals surface area contributed by atoms with Crippen molar-refractivity contribution in [3.8, 4) is 0 Å². The van der Waals surface area contributed by atoms with Crippen molar-refractivity contribution in [3.63, 3.8) is 0 Å². The number of nitrogens with one attached hydrogen (secondary N) is 2. The molecule has 1 aliphatic rings. The predicted molar refractivity (Wildman–Crippen MR) is 90.4 cm³/mol. The van der Waals surface area contributed by atoms with Crippen LogP contribution in [0, 0.1) is 5.92 Å². The number of rotatable bonds is 6. The summed E-state index contributed by atoms with van der Waals surface area (Å²) >= 11 is 0. The Morgan fingerprint density at radius 1 is 1.21 bits per heavy atom. The van der Waals surface area contributed by atoms with Gasteiger partial charge in [0.05, 0.1) is 11.9 Å². The lowest BCUT2D eigenvalue weighted by molar-refractivity contribution is -0.121. The molecule has 7 nitrogen and oxygen atoms in total. The summed E-state index contributed by atoms with van der Waals surface area (Å²) in [6, 6.07) is 1.72. The molecule has 0 radical (unpaired) electrons. The predicted octanol–water partition coefficient (Wildman–Crippen LogP) is 1.39. The molecule has 1 fully saturated rings. The number of carbonyl (C=O) groups excluding carboxylic acids is 2. The van der Waals surface area contributed by atoms with Crippen molar-refractivity contribution in [2.75, 3.05) is 13.1 Å². The molecule has 0 spiro atoms. The second kappa shape index (κ2) is 7.42. The van der Waals surface area contributed by atoms with Gasteiger partial charge in [-0.3, -0.25) is 9.59 Å². The first kappa shape index (κ1) is 16.4. The molecule has 7 heteroatoms. The number of hydrogen-bond acceptors (Lipinski definition) is 4. The molecule has 24 heavy (non-hydrogen) atoms. The maximum atomic E-state index is 12.1. The SMILES string of the molecule is Cn1cnc2cc(C(=O)NCCNC(=O)CC3CCCC3)cnc21. The minimum Gasteiger partial charge on any atom is -0.354 e. The number of imidazole rings is 1.